The maximum atomic E-state index is 13.7. The smallest absolute Gasteiger partial charge is 0.312 e. The molecule has 10 fully saturated rings. The molecule has 1 aliphatic heterocycles. The average Bonchev–Trinajstić information content (AvgIpc) is 3.68. The van der Waals surface area contributed by atoms with Gasteiger partial charge in [-0.25, -0.2) is 0 Å². The van der Waals surface area contributed by atoms with Crippen molar-refractivity contribution < 1.29 is 48.3 Å². The molecule has 0 aromatic carbocycles. The van der Waals surface area contributed by atoms with Crippen molar-refractivity contribution in [2.45, 2.75) is 119 Å². The summed E-state index contributed by atoms with van der Waals surface area (Å²) in [4.78, 5) is 39.6. The van der Waals surface area contributed by atoms with Crippen LogP contribution in [0.2, 0.25) is 0 Å². The summed E-state index contributed by atoms with van der Waals surface area (Å²) in [7, 11) is 1.37. The van der Waals surface area contributed by atoms with Gasteiger partial charge >= 0.3 is 17.9 Å². The summed E-state index contributed by atoms with van der Waals surface area (Å²) in [5.41, 5.74) is -2.59. The fourth-order valence-electron chi connectivity index (χ4n) is 13.0. The molecule has 1 heterocycles. The Morgan fingerprint density at radius 1 is 0.767 bits per heavy atom. The molecule has 8 unspecified atom stereocenters. The Morgan fingerprint density at radius 2 is 1.35 bits per heavy atom. The Morgan fingerprint density at radius 3 is 1.86 bits per heavy atom. The summed E-state index contributed by atoms with van der Waals surface area (Å²) >= 11 is 0. The predicted molar refractivity (Wildman–Crippen MR) is 146 cm³/mol. The number of aliphatic hydroxyl groups is 2. The van der Waals surface area contributed by atoms with E-state index in [-0.39, 0.29) is 42.5 Å². The van der Waals surface area contributed by atoms with Crippen molar-refractivity contribution in [3.05, 3.63) is 0 Å². The van der Waals surface area contributed by atoms with Crippen molar-refractivity contribution in [1.29, 1.82) is 0 Å². The van der Waals surface area contributed by atoms with Crippen molar-refractivity contribution >= 4 is 17.9 Å². The Hall–Kier alpha value is -1.75. The zero-order chi connectivity index (χ0) is 29.6. The van der Waals surface area contributed by atoms with Crippen molar-refractivity contribution in [3.63, 3.8) is 0 Å². The molecule has 10 nitrogen and oxygen atoms in total. The Labute approximate surface area is 251 Å². The minimum atomic E-state index is -1.02. The number of hydrogen-bond donors (Lipinski definition) is 2. The van der Waals surface area contributed by atoms with Gasteiger partial charge in [-0.05, 0) is 101 Å². The molecule has 236 valence electrons. The van der Waals surface area contributed by atoms with E-state index < -0.39 is 40.0 Å². The molecule has 10 aliphatic rings. The molecule has 43 heavy (non-hydrogen) atoms. The van der Waals surface area contributed by atoms with Gasteiger partial charge in [-0.3, -0.25) is 14.4 Å². The van der Waals surface area contributed by atoms with Crippen LogP contribution in [0.15, 0.2) is 0 Å². The van der Waals surface area contributed by atoms with Crippen LogP contribution in [0.25, 0.3) is 0 Å². The van der Waals surface area contributed by atoms with Crippen LogP contribution in [-0.2, 0) is 38.1 Å². The van der Waals surface area contributed by atoms with E-state index in [4.69, 9.17) is 23.7 Å². The van der Waals surface area contributed by atoms with E-state index in [0.29, 0.717) is 49.4 Å². The molecule has 8 atom stereocenters. The number of carbonyl (C=O) groups excluding carboxylic acids is 3. The van der Waals surface area contributed by atoms with Gasteiger partial charge in [0.05, 0.1) is 35.1 Å². The van der Waals surface area contributed by atoms with Gasteiger partial charge in [0.1, 0.15) is 25.4 Å². The molecule has 1 saturated heterocycles. The van der Waals surface area contributed by atoms with Crippen LogP contribution in [0.5, 0.6) is 0 Å². The highest BCUT2D eigenvalue weighted by Gasteiger charge is 2.85. The number of esters is 3. The minimum absolute atomic E-state index is 0.0188. The standard InChI is InChI=1S/C33H44O10/c1-39-25(34)20-2-3-32(9-20)42-23(14-40-26(35)28-5-18-4-19(6-28)8-30(37,7-18)16-28)24(43-32)15-41-27(36)29-10-21-12-31(38)13-22(11-29)33(21,31)17-29/h18-24,37-38H,2-17H2,1H3. The summed E-state index contributed by atoms with van der Waals surface area (Å²) in [5.74, 6) is -0.599. The van der Waals surface area contributed by atoms with Gasteiger partial charge in [-0.1, -0.05) is 0 Å². The highest BCUT2D eigenvalue weighted by Crippen LogP contribution is 2.86. The zero-order valence-corrected chi connectivity index (χ0v) is 25.0. The normalized spacial score (nSPS) is 56.0. The summed E-state index contributed by atoms with van der Waals surface area (Å²) in [6.07, 6.45) is 8.62. The molecule has 0 radical (unpaired) electrons. The van der Waals surface area contributed by atoms with Crippen molar-refractivity contribution in [1.82, 2.24) is 0 Å². The summed E-state index contributed by atoms with van der Waals surface area (Å²) < 4.78 is 29.9. The van der Waals surface area contributed by atoms with E-state index in [1.165, 1.54) is 7.11 Å². The molecular formula is C33H44O10. The average molecular weight is 601 g/mol. The Kier molecular flexibility index (Phi) is 5.47. The lowest BCUT2D eigenvalue weighted by Gasteiger charge is -2.71. The second-order valence-electron chi connectivity index (χ2n) is 16.6. The summed E-state index contributed by atoms with van der Waals surface area (Å²) in [6.45, 7) is -0.0538. The molecular weight excluding hydrogens is 556 g/mol. The monoisotopic (exact) mass is 600 g/mol. The third-order valence-corrected chi connectivity index (χ3v) is 14.2. The van der Waals surface area contributed by atoms with Crippen molar-refractivity contribution in [3.8, 4) is 0 Å². The van der Waals surface area contributed by atoms with Gasteiger partial charge in [0.25, 0.3) is 0 Å². The molecule has 2 N–H and O–H groups in total. The van der Waals surface area contributed by atoms with E-state index in [2.05, 4.69) is 0 Å². The lowest BCUT2D eigenvalue weighted by atomic mass is 9.35. The van der Waals surface area contributed by atoms with E-state index in [1.807, 2.05) is 0 Å². The van der Waals surface area contributed by atoms with Gasteiger partial charge in [-0.2, -0.15) is 0 Å². The topological polar surface area (TPSA) is 138 Å². The fraction of sp³-hybridized carbons (Fsp3) is 0.909. The molecule has 10 heteroatoms. The number of carbonyl (C=O) groups is 3. The highest BCUT2D eigenvalue weighted by atomic mass is 16.8. The zero-order valence-electron chi connectivity index (χ0n) is 25.0. The quantitative estimate of drug-likeness (QED) is 0.331. The maximum Gasteiger partial charge on any atom is 0.312 e. The number of rotatable bonds is 7. The van der Waals surface area contributed by atoms with Gasteiger partial charge in [0.2, 0.25) is 0 Å². The first-order valence-corrected chi connectivity index (χ1v) is 16.7. The third kappa shape index (κ3) is 3.58. The summed E-state index contributed by atoms with van der Waals surface area (Å²) in [6, 6.07) is 0. The van der Waals surface area contributed by atoms with Crippen LogP contribution in [0.4, 0.5) is 0 Å². The van der Waals surface area contributed by atoms with Crippen LogP contribution in [0, 0.1) is 45.8 Å². The molecule has 9 saturated carbocycles. The summed E-state index contributed by atoms with van der Waals surface area (Å²) in [5, 5.41) is 22.1. The molecule has 2 spiro atoms. The van der Waals surface area contributed by atoms with Crippen LogP contribution >= 0.6 is 0 Å². The van der Waals surface area contributed by atoms with Crippen LogP contribution < -0.4 is 0 Å². The van der Waals surface area contributed by atoms with Crippen LogP contribution in [0.1, 0.15) is 89.9 Å². The fourth-order valence-corrected chi connectivity index (χ4v) is 13.0. The molecule has 0 aromatic rings. The first-order chi connectivity index (χ1) is 20.4. The van der Waals surface area contributed by atoms with Gasteiger partial charge in [0, 0.05) is 18.3 Å². The maximum absolute atomic E-state index is 13.7. The lowest BCUT2D eigenvalue weighted by Crippen LogP contribution is -2.73. The molecule has 6 bridgehead atoms. The SMILES string of the molecule is COC(=O)C1CCC2(C1)OC(COC(=O)C13CC4CC(CC(O)(C4)C1)C3)C(COC(=O)C13CC4CC5(O)CC(C1)C45C3)O2. The highest BCUT2D eigenvalue weighted by molar-refractivity contribution is 5.79. The number of fused-ring (bicyclic) bond motifs is 1. The van der Waals surface area contributed by atoms with E-state index in [9.17, 15) is 24.6 Å². The van der Waals surface area contributed by atoms with Gasteiger partial charge < -0.3 is 33.9 Å². The number of methoxy groups -OCH3 is 1. The third-order valence-electron chi connectivity index (χ3n) is 14.2. The number of ether oxygens (including phenoxy) is 5. The van der Waals surface area contributed by atoms with Crippen molar-refractivity contribution in [2.75, 3.05) is 20.3 Å². The Bertz CT molecular complexity index is 1250. The van der Waals surface area contributed by atoms with E-state index in [0.717, 1.165) is 64.2 Å². The molecule has 0 aromatic heterocycles. The molecule has 0 amide bonds. The molecule has 9 aliphatic carbocycles. The lowest BCUT2D eigenvalue weighted by molar-refractivity contribution is -0.305. The van der Waals surface area contributed by atoms with Crippen molar-refractivity contribution in [2.24, 2.45) is 45.8 Å². The van der Waals surface area contributed by atoms with E-state index >= 15 is 0 Å². The first-order valence-electron chi connectivity index (χ1n) is 16.7. The minimum Gasteiger partial charge on any atom is -0.469 e. The molecule has 10 rings (SSSR count). The van der Waals surface area contributed by atoms with Crippen LogP contribution in [-0.4, -0.2) is 77.6 Å². The Balaban J connectivity index is 0.893. The van der Waals surface area contributed by atoms with E-state index in [1.54, 1.807) is 0 Å². The largest absolute Gasteiger partial charge is 0.469 e. The van der Waals surface area contributed by atoms with Gasteiger partial charge in [-0.15, -0.1) is 0 Å². The first kappa shape index (κ1) is 27.6. The second kappa shape index (κ2) is 8.53. The second-order valence-corrected chi connectivity index (χ2v) is 16.6. The van der Waals surface area contributed by atoms with Crippen LogP contribution in [0.3, 0.4) is 0 Å². The number of hydrogen-bond acceptors (Lipinski definition) is 10. The van der Waals surface area contributed by atoms with Gasteiger partial charge in [0.15, 0.2) is 5.79 Å². The predicted octanol–water partition coefficient (Wildman–Crippen LogP) is 2.80.